The highest BCUT2D eigenvalue weighted by molar-refractivity contribution is 7.98. The summed E-state index contributed by atoms with van der Waals surface area (Å²) in [6.45, 7) is 5.88. The molecule has 158 valence electrons. The average Bonchev–Trinajstić information content (AvgIpc) is 3.24. The van der Waals surface area contributed by atoms with Crippen molar-refractivity contribution in [1.82, 2.24) is 9.88 Å². The third-order valence-electron chi connectivity index (χ3n) is 5.30. The highest BCUT2D eigenvalue weighted by Crippen LogP contribution is 2.34. The Balaban J connectivity index is 1.36. The molecule has 0 spiro atoms. The van der Waals surface area contributed by atoms with E-state index < -0.39 is 0 Å². The Morgan fingerprint density at radius 2 is 1.90 bits per heavy atom. The van der Waals surface area contributed by atoms with Gasteiger partial charge in [0.2, 0.25) is 0 Å². The smallest absolute Gasteiger partial charge is 0.253 e. The average molecular weight is 442 g/mol. The first-order chi connectivity index (χ1) is 14.7. The van der Waals surface area contributed by atoms with Crippen molar-refractivity contribution in [1.29, 1.82) is 0 Å². The topological polar surface area (TPSA) is 45.7 Å². The lowest BCUT2D eigenvalue weighted by atomic mass is 10.1. The lowest BCUT2D eigenvalue weighted by Crippen LogP contribution is -2.48. The van der Waals surface area contributed by atoms with Crippen molar-refractivity contribution in [2.75, 3.05) is 43.9 Å². The number of para-hydroxylation sites is 1. The number of hydrogen-bond donors (Lipinski definition) is 0. The van der Waals surface area contributed by atoms with Gasteiger partial charge in [-0.1, -0.05) is 30.7 Å². The number of rotatable bonds is 7. The first kappa shape index (κ1) is 21.0. The van der Waals surface area contributed by atoms with Crippen LogP contribution in [0.3, 0.4) is 0 Å². The van der Waals surface area contributed by atoms with Gasteiger partial charge in [0, 0.05) is 36.6 Å². The molecule has 1 fully saturated rings. The number of carbonyl (C=O) groups is 1. The van der Waals surface area contributed by atoms with Crippen LogP contribution in [-0.2, 0) is 0 Å². The minimum absolute atomic E-state index is 0.0868. The largest absolute Gasteiger partial charge is 0.494 e. The Morgan fingerprint density at radius 3 is 2.60 bits per heavy atom. The number of hydrogen-bond acceptors (Lipinski definition) is 6. The van der Waals surface area contributed by atoms with Gasteiger partial charge in [0.25, 0.3) is 5.91 Å². The molecule has 1 aliphatic rings. The lowest BCUT2D eigenvalue weighted by molar-refractivity contribution is 0.0746. The predicted octanol–water partition coefficient (Wildman–Crippen LogP) is 5.16. The molecule has 0 N–H and O–H groups in total. The molecule has 1 aromatic heterocycles. The van der Waals surface area contributed by atoms with Gasteiger partial charge in [-0.25, -0.2) is 4.98 Å². The van der Waals surface area contributed by atoms with E-state index in [1.165, 1.54) is 9.60 Å². The van der Waals surface area contributed by atoms with Crippen molar-refractivity contribution in [2.45, 2.75) is 24.7 Å². The molecule has 0 radical (unpaired) electrons. The number of carbonyl (C=O) groups excluding carboxylic acids is 1. The Hall–Kier alpha value is -2.25. The molecule has 3 aromatic rings. The maximum absolute atomic E-state index is 12.9. The zero-order chi connectivity index (χ0) is 20.9. The minimum atomic E-state index is 0.0868. The summed E-state index contributed by atoms with van der Waals surface area (Å²) in [7, 11) is 0. The highest BCUT2D eigenvalue weighted by Gasteiger charge is 2.24. The minimum Gasteiger partial charge on any atom is -0.494 e. The summed E-state index contributed by atoms with van der Waals surface area (Å²) >= 11 is 3.46. The van der Waals surface area contributed by atoms with Crippen LogP contribution in [0, 0.1) is 0 Å². The van der Waals surface area contributed by atoms with Crippen molar-refractivity contribution >= 4 is 44.4 Å². The SMILES string of the molecule is CCCCOc1ccc(C(=O)N2CCN(c3nc4c(SC)cccc4s3)CC2)cc1. The molecule has 7 heteroatoms. The number of nitrogens with zero attached hydrogens (tertiary/aromatic N) is 3. The van der Waals surface area contributed by atoms with Gasteiger partial charge in [0.05, 0.1) is 16.8 Å². The van der Waals surface area contributed by atoms with Gasteiger partial charge in [-0.15, -0.1) is 11.8 Å². The quantitative estimate of drug-likeness (QED) is 0.374. The van der Waals surface area contributed by atoms with Gasteiger partial charge in [0.1, 0.15) is 5.75 Å². The van der Waals surface area contributed by atoms with Crippen LogP contribution in [0.4, 0.5) is 5.13 Å². The first-order valence-corrected chi connectivity index (χ1v) is 12.4. The third kappa shape index (κ3) is 4.57. The zero-order valence-electron chi connectivity index (χ0n) is 17.5. The molecule has 30 heavy (non-hydrogen) atoms. The number of amides is 1. The Bertz CT molecular complexity index is 995. The summed E-state index contributed by atoms with van der Waals surface area (Å²) < 4.78 is 6.91. The van der Waals surface area contributed by atoms with Crippen molar-refractivity contribution in [3.63, 3.8) is 0 Å². The molecule has 0 atom stereocenters. The molecule has 0 saturated carbocycles. The molecule has 5 nitrogen and oxygen atoms in total. The number of aromatic nitrogens is 1. The number of thiazole rings is 1. The van der Waals surface area contributed by atoms with Gasteiger partial charge in [0.15, 0.2) is 5.13 Å². The van der Waals surface area contributed by atoms with Crippen molar-refractivity contribution in [3.05, 3.63) is 48.0 Å². The lowest BCUT2D eigenvalue weighted by Gasteiger charge is -2.34. The Labute approximate surface area is 186 Å². The van der Waals surface area contributed by atoms with Crippen molar-refractivity contribution in [2.24, 2.45) is 0 Å². The number of piperazine rings is 1. The standard InChI is InChI=1S/C23H27N3O2S2/c1-3-4-16-28-18-10-8-17(9-11-18)22(27)25-12-14-26(15-13-25)23-24-21-19(29-2)6-5-7-20(21)30-23/h5-11H,3-4,12-16H2,1-2H3. The first-order valence-electron chi connectivity index (χ1n) is 10.4. The second-order valence-electron chi connectivity index (χ2n) is 7.31. The fourth-order valence-corrected chi connectivity index (χ4v) is 5.20. The fraction of sp³-hybridized carbons (Fsp3) is 0.391. The summed E-state index contributed by atoms with van der Waals surface area (Å²) in [5.41, 5.74) is 1.81. The van der Waals surface area contributed by atoms with Gasteiger partial charge in [-0.3, -0.25) is 4.79 Å². The highest BCUT2D eigenvalue weighted by atomic mass is 32.2. The van der Waals surface area contributed by atoms with E-state index in [1.807, 2.05) is 29.2 Å². The van der Waals surface area contributed by atoms with E-state index in [-0.39, 0.29) is 5.91 Å². The van der Waals surface area contributed by atoms with Gasteiger partial charge in [-0.2, -0.15) is 0 Å². The molecule has 1 amide bonds. The molecule has 0 aliphatic carbocycles. The molecule has 1 saturated heterocycles. The molecule has 2 aromatic carbocycles. The number of fused-ring (bicyclic) bond motifs is 1. The monoisotopic (exact) mass is 441 g/mol. The van der Waals surface area contributed by atoms with Crippen molar-refractivity contribution < 1.29 is 9.53 Å². The van der Waals surface area contributed by atoms with Crippen LogP contribution in [0.25, 0.3) is 10.2 Å². The molecule has 2 heterocycles. The molecule has 1 aliphatic heterocycles. The zero-order valence-corrected chi connectivity index (χ0v) is 19.1. The van der Waals surface area contributed by atoms with Crippen LogP contribution in [0.2, 0.25) is 0 Å². The number of ether oxygens (including phenoxy) is 1. The molecular weight excluding hydrogens is 414 g/mol. The Morgan fingerprint density at radius 1 is 1.13 bits per heavy atom. The van der Waals surface area contributed by atoms with E-state index in [0.717, 1.165) is 54.5 Å². The van der Waals surface area contributed by atoms with Crippen LogP contribution in [0.15, 0.2) is 47.4 Å². The normalized spacial score (nSPS) is 14.3. The van der Waals surface area contributed by atoms with Crippen LogP contribution in [0.1, 0.15) is 30.1 Å². The second-order valence-corrected chi connectivity index (χ2v) is 9.17. The number of thioether (sulfide) groups is 1. The fourth-order valence-electron chi connectivity index (χ4n) is 3.52. The van der Waals surface area contributed by atoms with Crippen molar-refractivity contribution in [3.8, 4) is 5.75 Å². The van der Waals surface area contributed by atoms with E-state index in [9.17, 15) is 4.79 Å². The van der Waals surface area contributed by atoms with E-state index in [2.05, 4.69) is 36.3 Å². The summed E-state index contributed by atoms with van der Waals surface area (Å²) in [4.78, 5) is 23.2. The van der Waals surface area contributed by atoms with Crippen LogP contribution in [0.5, 0.6) is 5.75 Å². The van der Waals surface area contributed by atoms with Gasteiger partial charge < -0.3 is 14.5 Å². The predicted molar refractivity (Wildman–Crippen MR) is 126 cm³/mol. The summed E-state index contributed by atoms with van der Waals surface area (Å²) in [6, 6.07) is 13.9. The summed E-state index contributed by atoms with van der Waals surface area (Å²) in [6.07, 6.45) is 4.23. The van der Waals surface area contributed by atoms with Gasteiger partial charge >= 0.3 is 0 Å². The number of unbranched alkanes of at least 4 members (excludes halogenated alkanes) is 1. The molecular formula is C23H27N3O2S2. The number of benzene rings is 2. The second kappa shape index (κ2) is 9.71. The van der Waals surface area contributed by atoms with E-state index >= 15 is 0 Å². The number of anilines is 1. The van der Waals surface area contributed by atoms with Gasteiger partial charge in [-0.05, 0) is 49.1 Å². The summed E-state index contributed by atoms with van der Waals surface area (Å²) in [5.74, 6) is 0.911. The molecule has 4 rings (SSSR count). The third-order valence-corrected chi connectivity index (χ3v) is 7.15. The van der Waals surface area contributed by atoms with Crippen LogP contribution in [-0.4, -0.2) is 54.8 Å². The van der Waals surface area contributed by atoms with E-state index in [0.29, 0.717) is 13.1 Å². The summed E-state index contributed by atoms with van der Waals surface area (Å²) in [5, 5.41) is 1.05. The Kier molecular flexibility index (Phi) is 6.79. The van der Waals surface area contributed by atoms with Crippen LogP contribution < -0.4 is 9.64 Å². The van der Waals surface area contributed by atoms with E-state index in [1.54, 1.807) is 23.1 Å². The van der Waals surface area contributed by atoms with Crippen LogP contribution >= 0.6 is 23.1 Å². The maximum Gasteiger partial charge on any atom is 0.253 e. The molecule has 0 bridgehead atoms. The molecule has 0 unspecified atom stereocenters. The maximum atomic E-state index is 12.9. The van der Waals surface area contributed by atoms with E-state index in [4.69, 9.17) is 9.72 Å².